The van der Waals surface area contributed by atoms with E-state index in [1.54, 1.807) is 6.20 Å². The first-order chi connectivity index (χ1) is 9.09. The molecular formula is C16H20N2O. The van der Waals surface area contributed by atoms with Crippen LogP contribution in [0.15, 0.2) is 42.8 Å². The fourth-order valence-corrected chi connectivity index (χ4v) is 1.91. The zero-order valence-corrected chi connectivity index (χ0v) is 11.5. The number of nitrogens with zero attached hydrogens (tertiary/aromatic N) is 1. The maximum Gasteiger partial charge on any atom is 0.0918 e. The Bertz CT molecular complexity index is 590. The predicted octanol–water partition coefficient (Wildman–Crippen LogP) is 3.55. The number of nitrogens with two attached hydrogens (primary N) is 1. The lowest BCUT2D eigenvalue weighted by Gasteiger charge is -2.13. The molecule has 0 fully saturated rings. The number of allylic oxidation sites excluding steroid dienone is 1. The van der Waals surface area contributed by atoms with Gasteiger partial charge in [0.1, 0.15) is 0 Å². The van der Waals surface area contributed by atoms with E-state index in [4.69, 9.17) is 10.5 Å². The maximum absolute atomic E-state index is 5.96. The summed E-state index contributed by atoms with van der Waals surface area (Å²) in [6.07, 6.45) is 2.60. The third kappa shape index (κ3) is 3.05. The molecule has 0 aliphatic carbocycles. The molecule has 0 amide bonds. The van der Waals surface area contributed by atoms with Crippen LogP contribution in [0.25, 0.3) is 10.9 Å². The van der Waals surface area contributed by atoms with E-state index in [1.807, 2.05) is 24.3 Å². The summed E-state index contributed by atoms with van der Waals surface area (Å²) in [4.78, 5) is 4.42. The van der Waals surface area contributed by atoms with Gasteiger partial charge in [0.2, 0.25) is 0 Å². The van der Waals surface area contributed by atoms with E-state index in [9.17, 15) is 0 Å². The highest BCUT2D eigenvalue weighted by molar-refractivity contribution is 5.92. The molecule has 0 spiro atoms. The number of ether oxygens (including phenoxy) is 1. The van der Waals surface area contributed by atoms with Crippen LogP contribution in [-0.2, 0) is 11.2 Å². The number of hydrogen-bond acceptors (Lipinski definition) is 3. The van der Waals surface area contributed by atoms with Gasteiger partial charge in [-0.3, -0.25) is 4.98 Å². The van der Waals surface area contributed by atoms with E-state index in [-0.39, 0.29) is 0 Å². The molecule has 2 rings (SSSR count). The van der Waals surface area contributed by atoms with Crippen LogP contribution in [0, 0.1) is 5.92 Å². The highest BCUT2D eigenvalue weighted by Gasteiger charge is 2.06. The van der Waals surface area contributed by atoms with Crippen molar-refractivity contribution in [3.05, 3.63) is 48.4 Å². The summed E-state index contributed by atoms with van der Waals surface area (Å²) in [5, 5.41) is 1.00. The third-order valence-electron chi connectivity index (χ3n) is 3.19. The van der Waals surface area contributed by atoms with Crippen LogP contribution in [0.5, 0.6) is 0 Å². The van der Waals surface area contributed by atoms with E-state index in [0.717, 1.165) is 34.3 Å². The van der Waals surface area contributed by atoms with Gasteiger partial charge in [0.25, 0.3) is 0 Å². The number of benzene rings is 1. The van der Waals surface area contributed by atoms with E-state index in [0.29, 0.717) is 12.5 Å². The minimum absolute atomic E-state index is 0.348. The monoisotopic (exact) mass is 256 g/mol. The average Bonchev–Trinajstić information content (AvgIpc) is 2.41. The van der Waals surface area contributed by atoms with Gasteiger partial charge >= 0.3 is 0 Å². The van der Waals surface area contributed by atoms with Gasteiger partial charge in [-0.1, -0.05) is 26.5 Å². The van der Waals surface area contributed by atoms with Gasteiger partial charge < -0.3 is 10.5 Å². The number of fused-ring (bicyclic) bond motifs is 1. The lowest BCUT2D eigenvalue weighted by atomic mass is 10.1. The summed E-state index contributed by atoms with van der Waals surface area (Å²) in [6.45, 7) is 8.67. The van der Waals surface area contributed by atoms with Crippen molar-refractivity contribution in [2.24, 2.45) is 5.92 Å². The Balaban J connectivity index is 2.13. The molecule has 3 heteroatoms. The second-order valence-electron chi connectivity index (χ2n) is 4.93. The molecule has 0 aliphatic heterocycles. The summed E-state index contributed by atoms with van der Waals surface area (Å²) in [7, 11) is 0. The normalized spacial score (nSPS) is 10.9. The molecule has 2 aromatic rings. The van der Waals surface area contributed by atoms with Gasteiger partial charge in [-0.2, -0.15) is 0 Å². The lowest BCUT2D eigenvalue weighted by molar-refractivity contribution is 0.190. The van der Waals surface area contributed by atoms with Gasteiger partial charge in [-0.15, -0.1) is 0 Å². The first kappa shape index (κ1) is 13.4. The topological polar surface area (TPSA) is 48.1 Å². The number of nitrogen functional groups attached to an aromatic ring is 1. The van der Waals surface area contributed by atoms with Crippen molar-refractivity contribution in [3.63, 3.8) is 0 Å². The molecule has 0 bridgehead atoms. The van der Waals surface area contributed by atoms with Crippen LogP contribution >= 0.6 is 0 Å². The Morgan fingerprint density at radius 2 is 2.16 bits per heavy atom. The molecule has 0 unspecified atom stereocenters. The van der Waals surface area contributed by atoms with Gasteiger partial charge in [0.05, 0.1) is 17.9 Å². The highest BCUT2D eigenvalue weighted by Crippen LogP contribution is 2.23. The van der Waals surface area contributed by atoms with Crippen LogP contribution in [0.1, 0.15) is 19.4 Å². The minimum Gasteiger partial charge on any atom is -0.498 e. The zero-order chi connectivity index (χ0) is 13.8. The summed E-state index contributed by atoms with van der Waals surface area (Å²) >= 11 is 0. The standard InChI is InChI=1S/C16H20N2O/c1-11(2)12(3)19-10-8-13-6-7-15(17)14-5-4-9-18-16(13)14/h4-7,9,11H,3,8,10,17H2,1-2H3. The summed E-state index contributed by atoms with van der Waals surface area (Å²) < 4.78 is 5.63. The molecule has 0 aliphatic rings. The van der Waals surface area contributed by atoms with E-state index in [1.165, 1.54) is 0 Å². The smallest absolute Gasteiger partial charge is 0.0918 e. The number of aromatic nitrogens is 1. The number of pyridine rings is 1. The second-order valence-corrected chi connectivity index (χ2v) is 4.93. The molecule has 0 atom stereocenters. The second kappa shape index (κ2) is 5.74. The molecule has 1 aromatic carbocycles. The van der Waals surface area contributed by atoms with Crippen molar-refractivity contribution in [3.8, 4) is 0 Å². The molecule has 0 saturated heterocycles. The quantitative estimate of drug-likeness (QED) is 0.657. The third-order valence-corrected chi connectivity index (χ3v) is 3.19. The van der Waals surface area contributed by atoms with Crippen LogP contribution in [0.4, 0.5) is 5.69 Å². The molecule has 1 heterocycles. The van der Waals surface area contributed by atoms with Crippen LogP contribution in [-0.4, -0.2) is 11.6 Å². The van der Waals surface area contributed by atoms with Crippen LogP contribution in [0.2, 0.25) is 0 Å². The molecular weight excluding hydrogens is 236 g/mol. The largest absolute Gasteiger partial charge is 0.498 e. The molecule has 2 N–H and O–H groups in total. The van der Waals surface area contributed by atoms with Crippen LogP contribution < -0.4 is 5.73 Å². The van der Waals surface area contributed by atoms with Gasteiger partial charge in [-0.05, 0) is 23.8 Å². The summed E-state index contributed by atoms with van der Waals surface area (Å²) in [5.41, 5.74) is 8.83. The molecule has 0 radical (unpaired) electrons. The van der Waals surface area contributed by atoms with Crippen molar-refractivity contribution in [1.29, 1.82) is 0 Å². The molecule has 1 aromatic heterocycles. The molecule has 19 heavy (non-hydrogen) atoms. The van der Waals surface area contributed by atoms with Gasteiger partial charge in [-0.25, -0.2) is 0 Å². The van der Waals surface area contributed by atoms with E-state index >= 15 is 0 Å². The Morgan fingerprint density at radius 1 is 1.37 bits per heavy atom. The van der Waals surface area contributed by atoms with Crippen LogP contribution in [0.3, 0.4) is 0 Å². The molecule has 100 valence electrons. The Kier molecular flexibility index (Phi) is 4.05. The first-order valence-electron chi connectivity index (χ1n) is 6.53. The van der Waals surface area contributed by atoms with Crippen molar-refractivity contribution in [2.75, 3.05) is 12.3 Å². The number of rotatable bonds is 5. The molecule has 0 saturated carbocycles. The number of anilines is 1. The summed E-state index contributed by atoms with van der Waals surface area (Å²) in [6, 6.07) is 7.84. The van der Waals surface area contributed by atoms with Gasteiger partial charge in [0.15, 0.2) is 0 Å². The lowest BCUT2D eigenvalue weighted by Crippen LogP contribution is -2.03. The maximum atomic E-state index is 5.96. The SMILES string of the molecule is C=C(OCCc1ccc(N)c2cccnc12)C(C)C. The summed E-state index contributed by atoms with van der Waals surface area (Å²) in [5.74, 6) is 1.17. The Labute approximate surface area is 114 Å². The number of hydrogen-bond donors (Lipinski definition) is 1. The van der Waals surface area contributed by atoms with Crippen molar-refractivity contribution in [1.82, 2.24) is 4.98 Å². The fourth-order valence-electron chi connectivity index (χ4n) is 1.91. The fraction of sp³-hybridized carbons (Fsp3) is 0.312. The highest BCUT2D eigenvalue weighted by atomic mass is 16.5. The zero-order valence-electron chi connectivity index (χ0n) is 11.5. The Morgan fingerprint density at radius 3 is 2.89 bits per heavy atom. The predicted molar refractivity (Wildman–Crippen MR) is 79.8 cm³/mol. The van der Waals surface area contributed by atoms with Crippen molar-refractivity contribution in [2.45, 2.75) is 20.3 Å². The Hall–Kier alpha value is -2.03. The minimum atomic E-state index is 0.348. The molecule has 3 nitrogen and oxygen atoms in total. The van der Waals surface area contributed by atoms with E-state index in [2.05, 4.69) is 25.4 Å². The van der Waals surface area contributed by atoms with Crippen molar-refractivity contribution >= 4 is 16.6 Å². The average molecular weight is 256 g/mol. The van der Waals surface area contributed by atoms with Crippen molar-refractivity contribution < 1.29 is 4.74 Å². The first-order valence-corrected chi connectivity index (χ1v) is 6.53. The van der Waals surface area contributed by atoms with Gasteiger partial charge in [0, 0.05) is 29.6 Å². The van der Waals surface area contributed by atoms with E-state index < -0.39 is 0 Å².